The van der Waals surface area contributed by atoms with Crippen LogP contribution in [0.25, 0.3) is 11.1 Å². The predicted molar refractivity (Wildman–Crippen MR) is 143 cm³/mol. The van der Waals surface area contributed by atoms with E-state index in [2.05, 4.69) is 17.9 Å². The normalized spacial score (nSPS) is 19.8. The number of rotatable bonds is 8. The number of piperidine rings is 2. The molecule has 2 saturated heterocycles. The smallest absolute Gasteiger partial charge is 0.309 e. The number of nitrogens with zero attached hydrogens (tertiary/aromatic N) is 2. The summed E-state index contributed by atoms with van der Waals surface area (Å²) in [5.74, 6) is 2.60. The lowest BCUT2D eigenvalue weighted by molar-refractivity contribution is -0.151. The molecule has 3 aliphatic heterocycles. The van der Waals surface area contributed by atoms with Crippen LogP contribution in [0.4, 0.5) is 0 Å². The van der Waals surface area contributed by atoms with Gasteiger partial charge in [-0.2, -0.15) is 0 Å². The number of hydrogen-bond acceptors (Lipinski definition) is 7. The van der Waals surface area contributed by atoms with E-state index in [0.717, 1.165) is 53.6 Å². The molecule has 0 spiro atoms. The molecule has 2 aromatic rings. The molecule has 3 aliphatic rings. The molecule has 1 unspecified atom stereocenters. The van der Waals surface area contributed by atoms with Crippen molar-refractivity contribution in [2.75, 3.05) is 46.2 Å². The SMILES string of the molecule is CCOC(=O)C1CCN(C(=O)COc2ccc(-c3ccc4c(c3)OCO4)cc2CN2CCCC(C)C2)CC1. The van der Waals surface area contributed by atoms with Crippen LogP contribution in [0, 0.1) is 11.8 Å². The van der Waals surface area contributed by atoms with Gasteiger partial charge in [0.25, 0.3) is 5.91 Å². The zero-order valence-electron chi connectivity index (χ0n) is 22.4. The summed E-state index contributed by atoms with van der Waals surface area (Å²) in [6.07, 6.45) is 3.72. The van der Waals surface area contributed by atoms with E-state index in [0.29, 0.717) is 38.5 Å². The van der Waals surface area contributed by atoms with Crippen molar-refractivity contribution >= 4 is 11.9 Å². The average molecular weight is 523 g/mol. The highest BCUT2D eigenvalue weighted by molar-refractivity contribution is 5.79. The highest BCUT2D eigenvalue weighted by Gasteiger charge is 2.28. The fourth-order valence-corrected chi connectivity index (χ4v) is 5.63. The Balaban J connectivity index is 1.27. The predicted octanol–water partition coefficient (Wildman–Crippen LogP) is 4.49. The molecule has 38 heavy (non-hydrogen) atoms. The summed E-state index contributed by atoms with van der Waals surface area (Å²) in [7, 11) is 0. The van der Waals surface area contributed by atoms with Gasteiger partial charge in [0.15, 0.2) is 18.1 Å². The second-order valence-electron chi connectivity index (χ2n) is 10.6. The van der Waals surface area contributed by atoms with Gasteiger partial charge in [-0.25, -0.2) is 0 Å². The van der Waals surface area contributed by atoms with E-state index in [9.17, 15) is 9.59 Å². The molecular weight excluding hydrogens is 484 g/mol. The van der Waals surface area contributed by atoms with E-state index in [1.807, 2.05) is 37.3 Å². The molecule has 3 heterocycles. The van der Waals surface area contributed by atoms with Gasteiger partial charge in [0.1, 0.15) is 5.75 Å². The molecule has 204 valence electrons. The van der Waals surface area contributed by atoms with Crippen LogP contribution in [0.2, 0.25) is 0 Å². The molecule has 1 atom stereocenters. The third-order valence-corrected chi connectivity index (χ3v) is 7.72. The van der Waals surface area contributed by atoms with Crippen LogP contribution < -0.4 is 14.2 Å². The Morgan fingerprint density at radius 2 is 1.74 bits per heavy atom. The van der Waals surface area contributed by atoms with Gasteiger partial charge < -0.3 is 23.8 Å². The van der Waals surface area contributed by atoms with Crippen LogP contribution in [0.1, 0.15) is 45.1 Å². The summed E-state index contributed by atoms with van der Waals surface area (Å²) in [4.78, 5) is 29.3. The lowest BCUT2D eigenvalue weighted by atomic mass is 9.97. The van der Waals surface area contributed by atoms with E-state index in [-0.39, 0.29) is 31.2 Å². The van der Waals surface area contributed by atoms with Crippen LogP contribution in [0.15, 0.2) is 36.4 Å². The molecular formula is C30H38N2O6. The third kappa shape index (κ3) is 6.23. The molecule has 0 aliphatic carbocycles. The van der Waals surface area contributed by atoms with Crippen molar-refractivity contribution in [3.8, 4) is 28.4 Å². The first-order valence-electron chi connectivity index (χ1n) is 13.8. The van der Waals surface area contributed by atoms with Gasteiger partial charge in [0, 0.05) is 31.7 Å². The van der Waals surface area contributed by atoms with E-state index >= 15 is 0 Å². The molecule has 0 saturated carbocycles. The van der Waals surface area contributed by atoms with Crippen molar-refractivity contribution in [2.24, 2.45) is 11.8 Å². The van der Waals surface area contributed by atoms with Gasteiger partial charge in [0.2, 0.25) is 6.79 Å². The van der Waals surface area contributed by atoms with E-state index < -0.39 is 0 Å². The van der Waals surface area contributed by atoms with Crippen molar-refractivity contribution in [1.29, 1.82) is 0 Å². The van der Waals surface area contributed by atoms with Crippen molar-refractivity contribution in [3.63, 3.8) is 0 Å². The Morgan fingerprint density at radius 3 is 2.53 bits per heavy atom. The second kappa shape index (κ2) is 12.1. The first kappa shape index (κ1) is 26.4. The van der Waals surface area contributed by atoms with Crippen LogP contribution in [-0.2, 0) is 20.9 Å². The highest BCUT2D eigenvalue weighted by atomic mass is 16.7. The molecule has 1 amide bonds. The molecule has 8 nitrogen and oxygen atoms in total. The van der Waals surface area contributed by atoms with Crippen molar-refractivity contribution in [3.05, 3.63) is 42.0 Å². The van der Waals surface area contributed by atoms with Crippen molar-refractivity contribution in [2.45, 2.75) is 46.1 Å². The third-order valence-electron chi connectivity index (χ3n) is 7.72. The Hall–Kier alpha value is -3.26. The molecule has 0 N–H and O–H groups in total. The Labute approximate surface area is 224 Å². The minimum Gasteiger partial charge on any atom is -0.483 e. The molecule has 2 aromatic carbocycles. The van der Waals surface area contributed by atoms with Crippen LogP contribution >= 0.6 is 0 Å². The van der Waals surface area contributed by atoms with Gasteiger partial charge in [-0.15, -0.1) is 0 Å². The summed E-state index contributed by atoms with van der Waals surface area (Å²) in [5.41, 5.74) is 3.20. The largest absolute Gasteiger partial charge is 0.483 e. The van der Waals surface area contributed by atoms with Gasteiger partial charge in [-0.05, 0) is 80.5 Å². The number of likely N-dealkylation sites (tertiary alicyclic amines) is 2. The number of ether oxygens (including phenoxy) is 4. The monoisotopic (exact) mass is 522 g/mol. The lowest BCUT2D eigenvalue weighted by Gasteiger charge is -2.32. The van der Waals surface area contributed by atoms with E-state index in [1.54, 1.807) is 4.90 Å². The topological polar surface area (TPSA) is 77.5 Å². The first-order valence-corrected chi connectivity index (χ1v) is 13.8. The minimum absolute atomic E-state index is 0.0170. The Bertz CT molecular complexity index is 1140. The number of carbonyl (C=O) groups excluding carboxylic acids is 2. The molecule has 0 radical (unpaired) electrons. The number of esters is 1. The quantitative estimate of drug-likeness (QED) is 0.473. The van der Waals surface area contributed by atoms with Gasteiger partial charge in [-0.1, -0.05) is 19.1 Å². The van der Waals surface area contributed by atoms with Crippen LogP contribution in [0.5, 0.6) is 17.2 Å². The summed E-state index contributed by atoms with van der Waals surface area (Å²) in [5, 5.41) is 0. The maximum Gasteiger partial charge on any atom is 0.309 e. The first-order chi connectivity index (χ1) is 18.5. The van der Waals surface area contributed by atoms with E-state index in [1.165, 1.54) is 12.8 Å². The summed E-state index contributed by atoms with van der Waals surface area (Å²) < 4.78 is 22.3. The number of benzene rings is 2. The van der Waals surface area contributed by atoms with Gasteiger partial charge >= 0.3 is 5.97 Å². The minimum atomic E-state index is -0.157. The van der Waals surface area contributed by atoms with Crippen LogP contribution in [0.3, 0.4) is 0 Å². The average Bonchev–Trinajstić information content (AvgIpc) is 3.40. The maximum absolute atomic E-state index is 13.0. The fourth-order valence-electron chi connectivity index (χ4n) is 5.63. The molecule has 8 heteroatoms. The Kier molecular flexibility index (Phi) is 8.37. The molecule has 0 aromatic heterocycles. The summed E-state index contributed by atoms with van der Waals surface area (Å²) in [6, 6.07) is 12.2. The summed E-state index contributed by atoms with van der Waals surface area (Å²) in [6.45, 7) is 8.73. The Morgan fingerprint density at radius 1 is 0.974 bits per heavy atom. The van der Waals surface area contributed by atoms with Crippen molar-refractivity contribution < 1.29 is 28.5 Å². The molecule has 0 bridgehead atoms. The molecule has 5 rings (SSSR count). The van der Waals surface area contributed by atoms with Crippen LogP contribution in [-0.4, -0.2) is 67.9 Å². The highest BCUT2D eigenvalue weighted by Crippen LogP contribution is 2.37. The number of fused-ring (bicyclic) bond motifs is 1. The fraction of sp³-hybridized carbons (Fsp3) is 0.533. The molecule has 2 fully saturated rings. The summed E-state index contributed by atoms with van der Waals surface area (Å²) >= 11 is 0. The number of carbonyl (C=O) groups is 2. The van der Waals surface area contributed by atoms with Gasteiger partial charge in [-0.3, -0.25) is 14.5 Å². The number of hydrogen-bond donors (Lipinski definition) is 0. The maximum atomic E-state index is 13.0. The van der Waals surface area contributed by atoms with Gasteiger partial charge in [0.05, 0.1) is 12.5 Å². The number of amides is 1. The second-order valence-corrected chi connectivity index (χ2v) is 10.6. The lowest BCUT2D eigenvalue weighted by Crippen LogP contribution is -2.42. The van der Waals surface area contributed by atoms with Crippen molar-refractivity contribution in [1.82, 2.24) is 9.80 Å². The zero-order chi connectivity index (χ0) is 26.5. The zero-order valence-corrected chi connectivity index (χ0v) is 22.4. The standard InChI is InChI=1S/C30H38N2O6/c1-3-35-30(34)22-10-13-32(14-11-22)29(33)19-36-26-8-6-23(24-7-9-27-28(16-24)38-20-37-27)15-25(26)18-31-12-4-5-21(2)17-31/h6-9,15-16,21-22H,3-5,10-14,17-20H2,1-2H3. The van der Waals surface area contributed by atoms with E-state index in [4.69, 9.17) is 18.9 Å².